The summed E-state index contributed by atoms with van der Waals surface area (Å²) in [4.78, 5) is 52.4. The molecule has 6 saturated carbocycles. The molecule has 2 heterocycles. The molecule has 75 heavy (non-hydrogen) atoms. The van der Waals surface area contributed by atoms with Crippen LogP contribution in [0.2, 0.25) is 0 Å². The van der Waals surface area contributed by atoms with E-state index < -0.39 is 12.0 Å². The summed E-state index contributed by atoms with van der Waals surface area (Å²) in [5, 5.41) is 26.0. The maximum absolute atomic E-state index is 13.9. The molecule has 2 unspecified atom stereocenters. The van der Waals surface area contributed by atoms with Crippen molar-refractivity contribution < 1.29 is 33.8 Å². The van der Waals surface area contributed by atoms with Gasteiger partial charge in [-0.25, -0.2) is 4.79 Å². The van der Waals surface area contributed by atoms with E-state index in [9.17, 15) is 24.3 Å². The second kappa shape index (κ2) is 23.3. The maximum atomic E-state index is 13.9. The molecule has 0 radical (unpaired) electrons. The van der Waals surface area contributed by atoms with Crippen LogP contribution in [0.4, 0.5) is 0 Å². The predicted molar refractivity (Wildman–Crippen MR) is 285 cm³/mol. The minimum Gasteiger partial charge on any atom is -0.489 e. The van der Waals surface area contributed by atoms with Gasteiger partial charge >= 0.3 is 11.9 Å². The normalized spacial score (nSPS) is 24.4. The fraction of sp³-hybridized carbons (Fsp3) is 0.548. The summed E-state index contributed by atoms with van der Waals surface area (Å²) in [5.74, 6) is 1.91. The van der Waals surface area contributed by atoms with Gasteiger partial charge < -0.3 is 25.2 Å². The van der Waals surface area contributed by atoms with Crippen LogP contribution >= 0.6 is 0 Å². The lowest BCUT2D eigenvalue weighted by atomic mass is 9.54. The molecule has 8 aliphatic rings. The molecule has 3 aromatic carbocycles. The van der Waals surface area contributed by atoms with Crippen molar-refractivity contribution in [3.63, 3.8) is 0 Å². The highest BCUT2D eigenvalue weighted by Crippen LogP contribution is 2.54. The molecule has 2 aromatic heterocycles. The first-order chi connectivity index (χ1) is 36.7. The number of nitrogens with one attached hydrogen (secondary N) is 2. The SMILES string of the molecule is O=C(NC(Cc1ccc(OCc2ccccc2)cc1)C(=O)O)c1nn(C2CCCCC2)c2c1CCCC2.O=C(NC1C2CC3CC(C2)CC1C3)c1nn(C2CCCCC2)c2c1CC(C(=O)OCc1ccccc1)CC2. The molecular formula is C62H76N6O7. The zero-order valence-electron chi connectivity index (χ0n) is 43.6. The van der Waals surface area contributed by atoms with Crippen molar-refractivity contribution in [1.29, 1.82) is 0 Å². The molecule has 4 bridgehead atoms. The van der Waals surface area contributed by atoms with Crippen molar-refractivity contribution in [2.75, 3.05) is 0 Å². The van der Waals surface area contributed by atoms with Gasteiger partial charge in [-0.2, -0.15) is 10.2 Å². The first-order valence-corrected chi connectivity index (χ1v) is 28.7. The van der Waals surface area contributed by atoms with Crippen LogP contribution in [0.1, 0.15) is 188 Å². The summed E-state index contributed by atoms with van der Waals surface area (Å²) in [6.45, 7) is 0.760. The smallest absolute Gasteiger partial charge is 0.326 e. The molecule has 0 spiro atoms. The number of carboxylic acids is 1. The maximum Gasteiger partial charge on any atom is 0.326 e. The summed E-state index contributed by atoms with van der Waals surface area (Å²) in [7, 11) is 0. The van der Waals surface area contributed by atoms with E-state index >= 15 is 0 Å². The van der Waals surface area contributed by atoms with Gasteiger partial charge in [-0.1, -0.05) is 111 Å². The highest BCUT2D eigenvalue weighted by atomic mass is 16.5. The van der Waals surface area contributed by atoms with Crippen LogP contribution in [-0.4, -0.2) is 60.5 Å². The van der Waals surface area contributed by atoms with Crippen LogP contribution in [0, 0.1) is 29.6 Å². The Morgan fingerprint density at radius 2 is 1.15 bits per heavy atom. The lowest BCUT2D eigenvalue weighted by Crippen LogP contribution is -2.56. The minimum absolute atomic E-state index is 0.00779. The van der Waals surface area contributed by atoms with Gasteiger partial charge in [0.2, 0.25) is 0 Å². The quantitative estimate of drug-likeness (QED) is 0.0865. The standard InChI is InChI=1S/C32H41N3O3.C30H35N3O4/c36-31(33-29-24-14-21-13-22(16-24)17-25(29)15-21)30-27-18-23(32(37)38-19-20-7-3-1-4-8-20)11-12-28(27)35(34-30)26-9-5-2-6-10-26;34-29(28-25-13-7-8-14-27(25)33(32-28)23-11-5-2-6-12-23)31-26(30(35)36)19-21-15-17-24(18-16-21)37-20-22-9-3-1-4-10-22/h1,3-4,7-8,21-26,29H,2,5-6,9-19H2,(H,33,36);1,3-4,9-10,15-18,23,26H,2,5-8,11-14,19-20H2,(H,31,34)(H,35,36). The van der Waals surface area contributed by atoms with E-state index in [0.717, 1.165) is 104 Å². The molecule has 13 heteroatoms. The number of carboxylic acid groups (broad SMARTS) is 1. The van der Waals surface area contributed by atoms with Crippen molar-refractivity contribution in [2.45, 2.75) is 185 Å². The highest BCUT2D eigenvalue weighted by Gasteiger charge is 2.49. The Hall–Kier alpha value is -6.24. The Balaban J connectivity index is 0.000000161. The summed E-state index contributed by atoms with van der Waals surface area (Å²) < 4.78 is 15.9. The van der Waals surface area contributed by atoms with Crippen LogP contribution in [-0.2, 0) is 59.6 Å². The number of nitrogens with zero attached hydrogens (tertiary/aromatic N) is 4. The van der Waals surface area contributed by atoms with Crippen LogP contribution < -0.4 is 15.4 Å². The van der Waals surface area contributed by atoms with Gasteiger partial charge in [0.05, 0.1) is 18.0 Å². The predicted octanol–water partition coefficient (Wildman–Crippen LogP) is 11.1. The third-order valence-electron chi connectivity index (χ3n) is 18.1. The monoisotopic (exact) mass is 1020 g/mol. The molecule has 6 fully saturated rings. The first-order valence-electron chi connectivity index (χ1n) is 28.7. The molecule has 13 rings (SSSR count). The van der Waals surface area contributed by atoms with E-state index in [1.807, 2.05) is 84.9 Å². The fourth-order valence-corrected chi connectivity index (χ4v) is 14.4. The number of aliphatic carboxylic acids is 1. The summed E-state index contributed by atoms with van der Waals surface area (Å²) in [5.41, 5.74) is 8.28. The number of aromatic nitrogens is 4. The molecule has 5 aromatic rings. The van der Waals surface area contributed by atoms with Crippen molar-refractivity contribution in [3.8, 4) is 5.75 Å². The largest absolute Gasteiger partial charge is 0.489 e. The van der Waals surface area contributed by atoms with Crippen molar-refractivity contribution in [2.24, 2.45) is 29.6 Å². The lowest BCUT2D eigenvalue weighted by molar-refractivity contribution is -0.150. The number of carbonyl (C=O) groups excluding carboxylic acids is 3. The Morgan fingerprint density at radius 1 is 0.587 bits per heavy atom. The molecule has 2 amide bonds. The number of rotatable bonds is 15. The zero-order valence-corrected chi connectivity index (χ0v) is 43.6. The number of carbonyl (C=O) groups is 4. The van der Waals surface area contributed by atoms with E-state index in [4.69, 9.17) is 19.7 Å². The van der Waals surface area contributed by atoms with Gasteiger partial charge in [-0.15, -0.1) is 0 Å². The molecular weight excluding hydrogens is 941 g/mol. The molecule has 0 aliphatic heterocycles. The third kappa shape index (κ3) is 11.8. The van der Waals surface area contributed by atoms with Crippen LogP contribution in [0.25, 0.3) is 0 Å². The van der Waals surface area contributed by atoms with Crippen molar-refractivity contribution in [3.05, 3.63) is 136 Å². The van der Waals surface area contributed by atoms with Gasteiger partial charge in [-0.05, 0) is 155 Å². The molecule has 0 saturated heterocycles. The van der Waals surface area contributed by atoms with Crippen LogP contribution in [0.3, 0.4) is 0 Å². The average molecular weight is 1020 g/mol. The van der Waals surface area contributed by atoms with E-state index in [0.29, 0.717) is 66.7 Å². The zero-order chi connectivity index (χ0) is 51.3. The van der Waals surface area contributed by atoms with E-state index in [2.05, 4.69) is 20.0 Å². The number of fused-ring (bicyclic) bond motifs is 2. The van der Waals surface area contributed by atoms with Gasteiger partial charge in [0.1, 0.15) is 25.0 Å². The molecule has 2 atom stereocenters. The molecule has 13 nitrogen and oxygen atoms in total. The van der Waals surface area contributed by atoms with E-state index in [1.165, 1.54) is 82.0 Å². The lowest BCUT2D eigenvalue weighted by Gasteiger charge is -2.54. The summed E-state index contributed by atoms with van der Waals surface area (Å²) >= 11 is 0. The van der Waals surface area contributed by atoms with Gasteiger partial charge in [-0.3, -0.25) is 23.7 Å². The van der Waals surface area contributed by atoms with Gasteiger partial charge in [0.15, 0.2) is 11.4 Å². The topological polar surface area (TPSA) is 167 Å². The minimum atomic E-state index is -1.06. The van der Waals surface area contributed by atoms with Crippen LogP contribution in [0.15, 0.2) is 84.9 Å². The third-order valence-corrected chi connectivity index (χ3v) is 18.1. The molecule has 3 N–H and O–H groups in total. The Labute approximate surface area is 441 Å². The number of hydrogen-bond acceptors (Lipinski definition) is 8. The highest BCUT2D eigenvalue weighted by molar-refractivity contribution is 5.96. The first kappa shape index (κ1) is 50.9. The fourth-order valence-electron chi connectivity index (χ4n) is 14.4. The Bertz CT molecular complexity index is 2750. The number of ether oxygens (including phenoxy) is 2. The van der Waals surface area contributed by atoms with Crippen LogP contribution in [0.5, 0.6) is 5.75 Å². The number of hydrogen-bond donors (Lipinski definition) is 3. The Kier molecular flexibility index (Phi) is 15.8. The summed E-state index contributed by atoms with van der Waals surface area (Å²) in [6.07, 6.45) is 24.6. The number of benzene rings is 3. The van der Waals surface area contributed by atoms with E-state index in [1.54, 1.807) is 0 Å². The Morgan fingerprint density at radius 3 is 1.75 bits per heavy atom. The van der Waals surface area contributed by atoms with Crippen molar-refractivity contribution >= 4 is 23.8 Å². The van der Waals surface area contributed by atoms with Gasteiger partial charge in [0.25, 0.3) is 11.8 Å². The number of amides is 2. The second-order valence-corrected chi connectivity index (χ2v) is 23.2. The van der Waals surface area contributed by atoms with Crippen molar-refractivity contribution in [1.82, 2.24) is 30.2 Å². The molecule has 8 aliphatic carbocycles. The number of esters is 1. The average Bonchev–Trinajstić information content (AvgIpc) is 4.04. The summed E-state index contributed by atoms with van der Waals surface area (Å²) in [6, 6.07) is 27.1. The van der Waals surface area contributed by atoms with Gasteiger partial charge in [0, 0.05) is 35.0 Å². The van der Waals surface area contributed by atoms with E-state index in [-0.39, 0.29) is 30.1 Å². The molecule has 396 valence electrons. The second-order valence-electron chi connectivity index (χ2n) is 23.2.